The van der Waals surface area contributed by atoms with Gasteiger partial charge in [0.2, 0.25) is 0 Å². The smallest absolute Gasteiger partial charge is 0.105 e. The zero-order chi connectivity index (χ0) is 15.0. The first kappa shape index (κ1) is 17.4. The van der Waals surface area contributed by atoms with Crippen molar-refractivity contribution in [2.75, 3.05) is 33.4 Å². The largest absolute Gasteiger partial charge is 0.381 e. The van der Waals surface area contributed by atoms with Gasteiger partial charge in [-0.15, -0.1) is 0 Å². The molecule has 1 heterocycles. The second-order valence-corrected chi connectivity index (χ2v) is 6.42. The molecule has 0 aliphatic carbocycles. The molecule has 1 saturated heterocycles. The lowest BCUT2D eigenvalue weighted by Crippen LogP contribution is -2.47. The van der Waals surface area contributed by atoms with Gasteiger partial charge in [-0.2, -0.15) is 5.26 Å². The fourth-order valence-electron chi connectivity index (χ4n) is 2.82. The monoisotopic (exact) mass is 281 g/mol. The van der Waals surface area contributed by atoms with Crippen LogP contribution in [0, 0.1) is 17.2 Å². The van der Waals surface area contributed by atoms with E-state index in [9.17, 15) is 5.26 Å². The highest BCUT2D eigenvalue weighted by Gasteiger charge is 2.28. The molecule has 1 fully saturated rings. The fraction of sp³-hybridized carbons (Fsp3) is 0.938. The zero-order valence-corrected chi connectivity index (χ0v) is 13.6. The Morgan fingerprint density at radius 2 is 2.10 bits per heavy atom. The first-order chi connectivity index (χ1) is 9.50. The van der Waals surface area contributed by atoms with Crippen molar-refractivity contribution in [1.29, 1.82) is 5.26 Å². The molecular weight excluding hydrogens is 250 g/mol. The Morgan fingerprint density at radius 1 is 1.45 bits per heavy atom. The summed E-state index contributed by atoms with van der Waals surface area (Å²) in [6, 6.07) is 2.85. The van der Waals surface area contributed by atoms with Crippen LogP contribution in [0.3, 0.4) is 0 Å². The molecule has 0 aromatic heterocycles. The van der Waals surface area contributed by atoms with Gasteiger partial charge in [-0.25, -0.2) is 0 Å². The average Bonchev–Trinajstić information content (AvgIpc) is 2.46. The van der Waals surface area contributed by atoms with Crippen molar-refractivity contribution < 1.29 is 4.74 Å². The molecule has 2 unspecified atom stereocenters. The van der Waals surface area contributed by atoms with Gasteiger partial charge in [0, 0.05) is 25.8 Å². The van der Waals surface area contributed by atoms with Gasteiger partial charge in [0.1, 0.15) is 5.54 Å². The summed E-state index contributed by atoms with van der Waals surface area (Å²) < 4.78 is 5.41. The number of rotatable bonds is 8. The Bertz CT molecular complexity index is 309. The van der Waals surface area contributed by atoms with E-state index in [4.69, 9.17) is 4.74 Å². The van der Waals surface area contributed by atoms with E-state index < -0.39 is 5.54 Å². The Kier molecular flexibility index (Phi) is 7.50. The molecule has 0 aromatic rings. The van der Waals surface area contributed by atoms with Crippen molar-refractivity contribution in [2.45, 2.75) is 58.0 Å². The third-order valence-corrected chi connectivity index (χ3v) is 4.36. The molecule has 0 bridgehead atoms. The number of nitriles is 1. The molecule has 116 valence electrons. The van der Waals surface area contributed by atoms with E-state index in [1.807, 2.05) is 6.92 Å². The fourth-order valence-corrected chi connectivity index (χ4v) is 2.82. The first-order valence-electron chi connectivity index (χ1n) is 7.95. The maximum absolute atomic E-state index is 9.42. The normalized spacial score (nSPS) is 21.4. The molecule has 0 spiro atoms. The van der Waals surface area contributed by atoms with E-state index in [1.165, 1.54) is 12.8 Å². The summed E-state index contributed by atoms with van der Waals surface area (Å²) in [6.45, 7) is 10.2. The first-order valence-corrected chi connectivity index (χ1v) is 7.95. The number of ether oxygens (including phenoxy) is 1. The summed E-state index contributed by atoms with van der Waals surface area (Å²) in [6.07, 6.45) is 4.26. The molecule has 2 atom stereocenters. The van der Waals surface area contributed by atoms with E-state index in [0.717, 1.165) is 45.1 Å². The molecule has 0 radical (unpaired) electrons. The van der Waals surface area contributed by atoms with Crippen LogP contribution in [0.15, 0.2) is 0 Å². The van der Waals surface area contributed by atoms with Gasteiger partial charge in [-0.1, -0.05) is 6.92 Å². The number of nitrogens with zero attached hydrogens (tertiary/aromatic N) is 2. The van der Waals surface area contributed by atoms with E-state index in [0.29, 0.717) is 6.04 Å². The predicted molar refractivity (Wildman–Crippen MR) is 82.6 cm³/mol. The Balaban J connectivity index is 2.42. The van der Waals surface area contributed by atoms with Crippen molar-refractivity contribution in [2.24, 2.45) is 5.92 Å². The van der Waals surface area contributed by atoms with E-state index >= 15 is 0 Å². The van der Waals surface area contributed by atoms with E-state index in [1.54, 1.807) is 0 Å². The molecule has 0 aromatic carbocycles. The summed E-state index contributed by atoms with van der Waals surface area (Å²) in [5, 5.41) is 12.8. The summed E-state index contributed by atoms with van der Waals surface area (Å²) in [7, 11) is 2.18. The summed E-state index contributed by atoms with van der Waals surface area (Å²) in [5.74, 6) is 0.744. The molecule has 4 nitrogen and oxygen atoms in total. The van der Waals surface area contributed by atoms with Crippen LogP contribution in [0.5, 0.6) is 0 Å². The van der Waals surface area contributed by atoms with Gasteiger partial charge in [-0.3, -0.25) is 5.32 Å². The molecule has 1 rings (SSSR count). The summed E-state index contributed by atoms with van der Waals surface area (Å²) in [5.41, 5.74) is -0.417. The van der Waals surface area contributed by atoms with Gasteiger partial charge in [0.05, 0.1) is 6.07 Å². The van der Waals surface area contributed by atoms with Crippen LogP contribution in [-0.2, 0) is 4.74 Å². The zero-order valence-electron chi connectivity index (χ0n) is 13.6. The molecule has 4 heteroatoms. The molecule has 1 N–H and O–H groups in total. The SMILES string of the molecule is CCCNC(C)(C#N)CC(C)N(C)CC1CCOCC1. The van der Waals surface area contributed by atoms with E-state index in [2.05, 4.69) is 37.2 Å². The maximum Gasteiger partial charge on any atom is 0.105 e. The highest BCUT2D eigenvalue weighted by molar-refractivity contribution is 5.05. The van der Waals surface area contributed by atoms with Gasteiger partial charge in [0.25, 0.3) is 0 Å². The van der Waals surface area contributed by atoms with Crippen LogP contribution in [0.25, 0.3) is 0 Å². The third-order valence-electron chi connectivity index (χ3n) is 4.36. The van der Waals surface area contributed by atoms with Crippen LogP contribution < -0.4 is 5.32 Å². The molecular formula is C16H31N3O. The highest BCUT2D eigenvalue weighted by Crippen LogP contribution is 2.20. The maximum atomic E-state index is 9.42. The van der Waals surface area contributed by atoms with Crippen LogP contribution in [0.4, 0.5) is 0 Å². The van der Waals surface area contributed by atoms with Crippen molar-refractivity contribution in [3.05, 3.63) is 0 Å². The second kappa shape index (κ2) is 8.61. The Labute approximate surface area is 124 Å². The van der Waals surface area contributed by atoms with Gasteiger partial charge >= 0.3 is 0 Å². The molecule has 0 saturated carbocycles. The lowest BCUT2D eigenvalue weighted by Gasteiger charge is -2.34. The third kappa shape index (κ3) is 5.78. The minimum absolute atomic E-state index is 0.409. The molecule has 20 heavy (non-hydrogen) atoms. The van der Waals surface area contributed by atoms with E-state index in [-0.39, 0.29) is 0 Å². The number of hydrogen-bond acceptors (Lipinski definition) is 4. The number of hydrogen-bond donors (Lipinski definition) is 1. The van der Waals surface area contributed by atoms with Gasteiger partial charge in [-0.05, 0) is 59.0 Å². The quantitative estimate of drug-likeness (QED) is 0.742. The lowest BCUT2D eigenvalue weighted by atomic mass is 9.93. The van der Waals surface area contributed by atoms with Crippen molar-refractivity contribution in [1.82, 2.24) is 10.2 Å². The molecule has 1 aliphatic heterocycles. The van der Waals surface area contributed by atoms with Crippen molar-refractivity contribution in [3.8, 4) is 6.07 Å². The topological polar surface area (TPSA) is 48.3 Å². The highest BCUT2D eigenvalue weighted by atomic mass is 16.5. The van der Waals surface area contributed by atoms with Gasteiger partial charge < -0.3 is 9.64 Å². The summed E-state index contributed by atoms with van der Waals surface area (Å²) >= 11 is 0. The summed E-state index contributed by atoms with van der Waals surface area (Å²) in [4.78, 5) is 2.40. The molecule has 0 amide bonds. The standard InChI is InChI=1S/C16H31N3O/c1-5-8-18-16(3,13-17)11-14(2)19(4)12-15-6-9-20-10-7-15/h14-15,18H,5-12H2,1-4H3. The van der Waals surface area contributed by atoms with Crippen LogP contribution in [-0.4, -0.2) is 49.8 Å². The van der Waals surface area contributed by atoms with Crippen molar-refractivity contribution in [3.63, 3.8) is 0 Å². The second-order valence-electron chi connectivity index (χ2n) is 6.42. The van der Waals surface area contributed by atoms with Gasteiger partial charge in [0.15, 0.2) is 0 Å². The predicted octanol–water partition coefficient (Wildman–Crippen LogP) is 2.41. The van der Waals surface area contributed by atoms with Crippen LogP contribution >= 0.6 is 0 Å². The molecule has 1 aliphatic rings. The van der Waals surface area contributed by atoms with Crippen LogP contribution in [0.2, 0.25) is 0 Å². The van der Waals surface area contributed by atoms with Crippen molar-refractivity contribution >= 4 is 0 Å². The average molecular weight is 281 g/mol. The Hall–Kier alpha value is -0.630. The Morgan fingerprint density at radius 3 is 2.65 bits per heavy atom. The minimum Gasteiger partial charge on any atom is -0.381 e. The lowest BCUT2D eigenvalue weighted by molar-refractivity contribution is 0.0496. The minimum atomic E-state index is -0.417. The number of nitrogens with one attached hydrogen (secondary N) is 1. The van der Waals surface area contributed by atoms with Crippen LogP contribution in [0.1, 0.15) is 46.5 Å².